The summed E-state index contributed by atoms with van der Waals surface area (Å²) in [5, 5.41) is 10.8. The van der Waals surface area contributed by atoms with E-state index in [2.05, 4.69) is 4.98 Å². The van der Waals surface area contributed by atoms with E-state index in [-0.39, 0.29) is 12.2 Å². The van der Waals surface area contributed by atoms with Gasteiger partial charge in [-0.15, -0.1) is 0 Å². The predicted octanol–water partition coefficient (Wildman–Crippen LogP) is 2.88. The van der Waals surface area contributed by atoms with E-state index in [1.807, 2.05) is 36.4 Å². The summed E-state index contributed by atoms with van der Waals surface area (Å²) in [4.78, 5) is 17.0. The van der Waals surface area contributed by atoms with Crippen LogP contribution in [0.3, 0.4) is 0 Å². The first kappa shape index (κ1) is 15.8. The summed E-state index contributed by atoms with van der Waals surface area (Å²) >= 11 is 0. The molecule has 1 aliphatic carbocycles. The molecule has 1 N–H and O–H groups in total. The monoisotopic (exact) mass is 336 g/mol. The number of aliphatic hydroxyl groups is 1. The Bertz CT molecular complexity index is 994. The Balaban J connectivity index is 1.67. The first-order chi connectivity index (χ1) is 12.1. The minimum Gasteiger partial charge on any atom is -0.485 e. The van der Waals surface area contributed by atoms with Crippen LogP contribution in [0.15, 0.2) is 47.3 Å². The number of benzene rings is 2. The summed E-state index contributed by atoms with van der Waals surface area (Å²) < 4.78 is 7.52. The zero-order valence-corrected chi connectivity index (χ0v) is 14.1. The number of hydrogen-bond acceptors (Lipinski definition) is 4. The largest absolute Gasteiger partial charge is 0.485 e. The first-order valence-electron chi connectivity index (χ1n) is 8.52. The Hall–Kier alpha value is -2.66. The summed E-state index contributed by atoms with van der Waals surface area (Å²) in [6.45, 7) is 0.211. The van der Waals surface area contributed by atoms with Gasteiger partial charge >= 0.3 is 0 Å². The molecule has 3 aromatic rings. The maximum atomic E-state index is 12.5. The molecule has 5 nitrogen and oxygen atoms in total. The van der Waals surface area contributed by atoms with E-state index < -0.39 is 6.10 Å². The fraction of sp³-hybridized carbons (Fsp3) is 0.300. The highest BCUT2D eigenvalue weighted by atomic mass is 16.5. The molecule has 0 spiro atoms. The Morgan fingerprint density at radius 3 is 2.96 bits per heavy atom. The third kappa shape index (κ3) is 2.81. The molecule has 0 unspecified atom stereocenters. The second-order valence-corrected chi connectivity index (χ2v) is 6.43. The molecule has 0 radical (unpaired) electrons. The Morgan fingerprint density at radius 1 is 1.24 bits per heavy atom. The molecule has 0 saturated carbocycles. The average molecular weight is 336 g/mol. The highest BCUT2D eigenvalue weighted by Gasteiger charge is 2.21. The van der Waals surface area contributed by atoms with Crippen molar-refractivity contribution in [3.05, 3.63) is 69.8 Å². The Labute approximate surface area is 145 Å². The van der Waals surface area contributed by atoms with Gasteiger partial charge in [-0.2, -0.15) is 0 Å². The molecule has 0 aliphatic heterocycles. The molecule has 1 aliphatic rings. The van der Waals surface area contributed by atoms with Gasteiger partial charge in [0.15, 0.2) is 0 Å². The van der Waals surface area contributed by atoms with Gasteiger partial charge in [-0.1, -0.05) is 24.3 Å². The maximum Gasteiger partial charge on any atom is 0.261 e. The van der Waals surface area contributed by atoms with Crippen molar-refractivity contribution < 1.29 is 9.84 Å². The molecular formula is C20H20N2O3. The normalized spacial score (nSPS) is 16.6. The molecule has 5 heteroatoms. The summed E-state index contributed by atoms with van der Waals surface area (Å²) in [5.74, 6) is 1.34. The number of ether oxygens (including phenoxy) is 1. The van der Waals surface area contributed by atoms with Crippen LogP contribution >= 0.6 is 0 Å². The van der Waals surface area contributed by atoms with Crippen LogP contribution in [-0.2, 0) is 20.1 Å². The van der Waals surface area contributed by atoms with Gasteiger partial charge in [0, 0.05) is 7.05 Å². The molecule has 0 amide bonds. The highest BCUT2D eigenvalue weighted by molar-refractivity contribution is 5.77. The van der Waals surface area contributed by atoms with E-state index in [0.29, 0.717) is 16.7 Å². The van der Waals surface area contributed by atoms with Gasteiger partial charge in [0.05, 0.1) is 17.0 Å². The fourth-order valence-electron chi connectivity index (χ4n) is 3.46. The number of fused-ring (bicyclic) bond motifs is 2. The minimum absolute atomic E-state index is 0.0743. The molecule has 25 heavy (non-hydrogen) atoms. The lowest BCUT2D eigenvalue weighted by atomic mass is 9.89. The smallest absolute Gasteiger partial charge is 0.261 e. The van der Waals surface area contributed by atoms with Crippen LogP contribution in [0.2, 0.25) is 0 Å². The van der Waals surface area contributed by atoms with E-state index in [1.54, 1.807) is 13.1 Å². The minimum atomic E-state index is -0.421. The topological polar surface area (TPSA) is 64.3 Å². The molecular weight excluding hydrogens is 316 g/mol. The third-order valence-corrected chi connectivity index (χ3v) is 4.87. The van der Waals surface area contributed by atoms with Crippen molar-refractivity contribution in [2.75, 3.05) is 0 Å². The van der Waals surface area contributed by atoms with Crippen molar-refractivity contribution in [2.45, 2.75) is 32.0 Å². The molecule has 1 aromatic heterocycles. The van der Waals surface area contributed by atoms with Gasteiger partial charge in [0.2, 0.25) is 0 Å². The highest BCUT2D eigenvalue weighted by Crippen LogP contribution is 2.35. The van der Waals surface area contributed by atoms with Crippen LogP contribution in [0.5, 0.6) is 5.75 Å². The van der Waals surface area contributed by atoms with Crippen molar-refractivity contribution in [1.82, 2.24) is 9.55 Å². The standard InChI is InChI=1S/C20H20N2O3/c1-22-19(21-16-9-3-2-6-15(16)20(22)24)12-25-18-11-5-7-13-14(18)8-4-10-17(13)23/h2-3,5-7,9,11,17,23H,4,8,10,12H2,1H3/t17-/m0/s1. The van der Waals surface area contributed by atoms with Crippen LogP contribution in [-0.4, -0.2) is 14.7 Å². The second kappa shape index (κ2) is 6.33. The van der Waals surface area contributed by atoms with Crippen LogP contribution in [0.1, 0.15) is 35.9 Å². The SMILES string of the molecule is Cn1c(COc2cccc3c2CCC[C@@H]3O)nc2ccccc2c1=O. The van der Waals surface area contributed by atoms with Crippen LogP contribution in [0, 0.1) is 0 Å². The lowest BCUT2D eigenvalue weighted by Crippen LogP contribution is -2.23. The van der Waals surface area contributed by atoms with Crippen molar-refractivity contribution in [1.29, 1.82) is 0 Å². The zero-order chi connectivity index (χ0) is 17.4. The molecule has 0 bridgehead atoms. The predicted molar refractivity (Wildman–Crippen MR) is 95.7 cm³/mol. The summed E-state index contributed by atoms with van der Waals surface area (Å²) in [7, 11) is 1.71. The third-order valence-electron chi connectivity index (χ3n) is 4.87. The van der Waals surface area contributed by atoms with Crippen molar-refractivity contribution >= 4 is 10.9 Å². The van der Waals surface area contributed by atoms with Crippen LogP contribution in [0.4, 0.5) is 0 Å². The molecule has 0 fully saturated rings. The summed E-state index contributed by atoms with van der Waals surface area (Å²) in [5.41, 5.74) is 2.61. The fourth-order valence-corrected chi connectivity index (χ4v) is 3.46. The number of nitrogens with zero attached hydrogens (tertiary/aromatic N) is 2. The molecule has 128 valence electrons. The van der Waals surface area contributed by atoms with Crippen molar-refractivity contribution in [3.63, 3.8) is 0 Å². The summed E-state index contributed by atoms with van der Waals surface area (Å²) in [6, 6.07) is 13.1. The molecule has 1 heterocycles. The average Bonchev–Trinajstić information content (AvgIpc) is 2.64. The first-order valence-corrected chi connectivity index (χ1v) is 8.52. The van der Waals surface area contributed by atoms with Gasteiger partial charge in [-0.05, 0) is 48.6 Å². The lowest BCUT2D eigenvalue weighted by molar-refractivity contribution is 0.155. The van der Waals surface area contributed by atoms with Gasteiger partial charge in [-0.3, -0.25) is 9.36 Å². The van der Waals surface area contributed by atoms with E-state index in [0.717, 1.165) is 36.1 Å². The number of aliphatic hydroxyl groups excluding tert-OH is 1. The van der Waals surface area contributed by atoms with E-state index in [1.165, 1.54) is 4.57 Å². The molecule has 2 aromatic carbocycles. The van der Waals surface area contributed by atoms with Crippen molar-refractivity contribution in [3.8, 4) is 5.75 Å². The molecule has 0 saturated heterocycles. The van der Waals surface area contributed by atoms with E-state index in [4.69, 9.17) is 4.74 Å². The summed E-state index contributed by atoms with van der Waals surface area (Å²) in [6.07, 6.45) is 2.21. The van der Waals surface area contributed by atoms with E-state index in [9.17, 15) is 9.90 Å². The number of hydrogen-bond donors (Lipinski definition) is 1. The molecule has 4 rings (SSSR count). The van der Waals surface area contributed by atoms with Crippen molar-refractivity contribution in [2.24, 2.45) is 7.05 Å². The number of aromatic nitrogens is 2. The zero-order valence-electron chi connectivity index (χ0n) is 14.1. The van der Waals surface area contributed by atoms with Gasteiger partial charge in [0.1, 0.15) is 18.2 Å². The second-order valence-electron chi connectivity index (χ2n) is 6.43. The molecule has 1 atom stereocenters. The van der Waals surface area contributed by atoms with Gasteiger partial charge in [-0.25, -0.2) is 4.98 Å². The number of para-hydroxylation sites is 1. The Morgan fingerprint density at radius 2 is 2.08 bits per heavy atom. The van der Waals surface area contributed by atoms with E-state index >= 15 is 0 Å². The number of rotatable bonds is 3. The maximum absolute atomic E-state index is 12.5. The Kier molecular flexibility index (Phi) is 4.01. The van der Waals surface area contributed by atoms with Gasteiger partial charge in [0.25, 0.3) is 5.56 Å². The van der Waals surface area contributed by atoms with Crippen LogP contribution < -0.4 is 10.3 Å². The van der Waals surface area contributed by atoms with Crippen LogP contribution in [0.25, 0.3) is 10.9 Å². The quantitative estimate of drug-likeness (QED) is 0.799. The van der Waals surface area contributed by atoms with Gasteiger partial charge < -0.3 is 9.84 Å². The lowest BCUT2D eigenvalue weighted by Gasteiger charge is -2.23.